The van der Waals surface area contributed by atoms with Crippen LogP contribution in [0.2, 0.25) is 0 Å². The molecule has 0 bridgehead atoms. The molecule has 7 nitrogen and oxygen atoms in total. The van der Waals surface area contributed by atoms with Gasteiger partial charge in [-0.05, 0) is 30.7 Å². The zero-order valence-corrected chi connectivity index (χ0v) is 13.0. The fraction of sp³-hybridized carbons (Fsp3) is 0.375. The molecule has 122 valence electrons. The fourth-order valence-electron chi connectivity index (χ4n) is 2.31. The van der Waals surface area contributed by atoms with Crippen molar-refractivity contribution in [2.75, 3.05) is 13.3 Å². The molecule has 1 aliphatic rings. The number of nitrogens with one attached hydrogen (secondary N) is 2. The first kappa shape index (κ1) is 15.4. The average molecular weight is 316 g/mol. The molecule has 1 atom stereocenters. The lowest BCUT2D eigenvalue weighted by Gasteiger charge is -2.14. The van der Waals surface area contributed by atoms with Gasteiger partial charge in [-0.25, -0.2) is 0 Å². The van der Waals surface area contributed by atoms with Crippen molar-refractivity contribution < 1.29 is 14.3 Å². The molecular weight excluding hydrogens is 296 g/mol. The Morgan fingerprint density at radius 1 is 1.39 bits per heavy atom. The molecule has 1 aromatic carbocycles. The second kappa shape index (κ2) is 7.15. The Hall–Kier alpha value is -2.54. The topological polar surface area (TPSA) is 77.4 Å². The van der Waals surface area contributed by atoms with Crippen LogP contribution in [0.15, 0.2) is 36.7 Å². The average Bonchev–Trinajstić information content (AvgIpc) is 3.23. The lowest BCUT2D eigenvalue weighted by molar-refractivity contribution is -0.122. The van der Waals surface area contributed by atoms with Crippen molar-refractivity contribution >= 4 is 5.91 Å². The van der Waals surface area contributed by atoms with Gasteiger partial charge < -0.3 is 20.1 Å². The van der Waals surface area contributed by atoms with E-state index in [0.29, 0.717) is 13.1 Å². The number of carbonyl (C=O) groups is 1. The van der Waals surface area contributed by atoms with Gasteiger partial charge in [-0.1, -0.05) is 6.07 Å². The van der Waals surface area contributed by atoms with Gasteiger partial charge in [0.2, 0.25) is 12.7 Å². The number of aromatic nitrogens is 2. The SMILES string of the molecule is CC(NCCn1cccn1)C(=O)NCc1ccc2c(c1)OCO2. The third-order valence-electron chi connectivity index (χ3n) is 3.65. The van der Waals surface area contributed by atoms with Crippen LogP contribution >= 0.6 is 0 Å². The molecule has 0 fully saturated rings. The Kier molecular flexibility index (Phi) is 4.77. The minimum absolute atomic E-state index is 0.0388. The van der Waals surface area contributed by atoms with Gasteiger partial charge in [-0.2, -0.15) is 5.10 Å². The highest BCUT2D eigenvalue weighted by Crippen LogP contribution is 2.32. The molecule has 23 heavy (non-hydrogen) atoms. The lowest BCUT2D eigenvalue weighted by Crippen LogP contribution is -2.42. The summed E-state index contributed by atoms with van der Waals surface area (Å²) in [6.45, 7) is 3.97. The minimum Gasteiger partial charge on any atom is -0.454 e. The Bertz CT molecular complexity index is 657. The van der Waals surface area contributed by atoms with Crippen molar-refractivity contribution in [3.8, 4) is 11.5 Å². The largest absolute Gasteiger partial charge is 0.454 e. The summed E-state index contributed by atoms with van der Waals surface area (Å²) in [6, 6.07) is 7.28. The molecule has 1 aliphatic heterocycles. The van der Waals surface area contributed by atoms with Crippen molar-refractivity contribution in [1.29, 1.82) is 0 Å². The maximum atomic E-state index is 12.1. The van der Waals surface area contributed by atoms with E-state index in [0.717, 1.165) is 23.6 Å². The highest BCUT2D eigenvalue weighted by atomic mass is 16.7. The number of nitrogens with zero attached hydrogens (tertiary/aromatic N) is 2. The number of rotatable bonds is 7. The molecule has 2 aromatic rings. The number of benzene rings is 1. The van der Waals surface area contributed by atoms with Crippen LogP contribution in [0.4, 0.5) is 0 Å². The van der Waals surface area contributed by atoms with E-state index in [1.165, 1.54) is 0 Å². The van der Waals surface area contributed by atoms with Gasteiger partial charge in [0, 0.05) is 25.5 Å². The summed E-state index contributed by atoms with van der Waals surface area (Å²) < 4.78 is 12.4. The molecular formula is C16H20N4O3. The minimum atomic E-state index is -0.264. The first-order chi connectivity index (χ1) is 11.2. The van der Waals surface area contributed by atoms with Crippen LogP contribution in [0.5, 0.6) is 11.5 Å². The third kappa shape index (κ3) is 4.01. The highest BCUT2D eigenvalue weighted by molar-refractivity contribution is 5.81. The number of amides is 1. The Balaban J connectivity index is 1.41. The summed E-state index contributed by atoms with van der Waals surface area (Å²) in [5.74, 6) is 1.43. The predicted octanol–water partition coefficient (Wildman–Crippen LogP) is 0.906. The van der Waals surface area contributed by atoms with Crippen LogP contribution in [-0.4, -0.2) is 35.1 Å². The number of hydrogen-bond donors (Lipinski definition) is 2. The van der Waals surface area contributed by atoms with Crippen molar-refractivity contribution in [1.82, 2.24) is 20.4 Å². The van der Waals surface area contributed by atoms with Crippen molar-refractivity contribution in [2.24, 2.45) is 0 Å². The monoisotopic (exact) mass is 316 g/mol. The summed E-state index contributed by atoms with van der Waals surface area (Å²) in [5, 5.41) is 10.2. The zero-order valence-electron chi connectivity index (χ0n) is 13.0. The summed E-state index contributed by atoms with van der Waals surface area (Å²) in [4.78, 5) is 12.1. The van der Waals surface area contributed by atoms with E-state index in [-0.39, 0.29) is 18.7 Å². The highest BCUT2D eigenvalue weighted by Gasteiger charge is 2.15. The van der Waals surface area contributed by atoms with Crippen LogP contribution in [0, 0.1) is 0 Å². The van der Waals surface area contributed by atoms with Gasteiger partial charge in [-0.15, -0.1) is 0 Å². The van der Waals surface area contributed by atoms with Crippen LogP contribution in [0.25, 0.3) is 0 Å². The van der Waals surface area contributed by atoms with E-state index in [1.807, 2.05) is 42.1 Å². The molecule has 0 saturated carbocycles. The standard InChI is InChI=1S/C16H20N4O3/c1-12(17-6-8-20-7-2-5-19-20)16(21)18-10-13-3-4-14-15(9-13)23-11-22-14/h2-5,7,9,12,17H,6,8,10-11H2,1H3,(H,18,21). The van der Waals surface area contributed by atoms with Gasteiger partial charge in [0.15, 0.2) is 11.5 Å². The van der Waals surface area contributed by atoms with Crippen molar-refractivity contribution in [3.63, 3.8) is 0 Å². The van der Waals surface area contributed by atoms with E-state index in [9.17, 15) is 4.79 Å². The van der Waals surface area contributed by atoms with Crippen LogP contribution in [0.3, 0.4) is 0 Å². The van der Waals surface area contributed by atoms with Crippen LogP contribution in [-0.2, 0) is 17.9 Å². The molecule has 0 spiro atoms. The first-order valence-electron chi connectivity index (χ1n) is 7.59. The van der Waals surface area contributed by atoms with Crippen LogP contribution in [0.1, 0.15) is 12.5 Å². The molecule has 3 rings (SSSR count). The summed E-state index contributed by atoms with van der Waals surface area (Å²) in [7, 11) is 0. The zero-order chi connectivity index (χ0) is 16.1. The molecule has 0 aliphatic carbocycles. The molecule has 1 aromatic heterocycles. The number of fused-ring (bicyclic) bond motifs is 1. The van der Waals surface area contributed by atoms with E-state index >= 15 is 0 Å². The second-order valence-corrected chi connectivity index (χ2v) is 5.35. The van der Waals surface area contributed by atoms with Gasteiger partial charge in [0.1, 0.15) is 0 Å². The Labute approximate surface area is 134 Å². The quantitative estimate of drug-likeness (QED) is 0.794. The predicted molar refractivity (Wildman–Crippen MR) is 84.1 cm³/mol. The molecule has 1 amide bonds. The molecule has 1 unspecified atom stereocenters. The van der Waals surface area contributed by atoms with Gasteiger partial charge >= 0.3 is 0 Å². The van der Waals surface area contributed by atoms with Gasteiger partial charge in [0.05, 0.1) is 12.6 Å². The molecule has 0 saturated heterocycles. The lowest BCUT2D eigenvalue weighted by atomic mass is 10.2. The smallest absolute Gasteiger partial charge is 0.237 e. The van der Waals surface area contributed by atoms with E-state index in [1.54, 1.807) is 6.20 Å². The fourth-order valence-corrected chi connectivity index (χ4v) is 2.31. The molecule has 7 heteroatoms. The van der Waals surface area contributed by atoms with E-state index in [4.69, 9.17) is 9.47 Å². The van der Waals surface area contributed by atoms with E-state index < -0.39 is 0 Å². The summed E-state index contributed by atoms with van der Waals surface area (Å²) in [6.07, 6.45) is 3.63. The summed E-state index contributed by atoms with van der Waals surface area (Å²) in [5.41, 5.74) is 0.978. The van der Waals surface area contributed by atoms with Crippen molar-refractivity contribution in [3.05, 3.63) is 42.2 Å². The third-order valence-corrected chi connectivity index (χ3v) is 3.65. The molecule has 2 N–H and O–H groups in total. The second-order valence-electron chi connectivity index (χ2n) is 5.35. The normalized spacial score (nSPS) is 13.8. The van der Waals surface area contributed by atoms with Gasteiger partial charge in [0.25, 0.3) is 0 Å². The maximum absolute atomic E-state index is 12.1. The Morgan fingerprint density at radius 3 is 3.09 bits per heavy atom. The summed E-state index contributed by atoms with van der Waals surface area (Å²) >= 11 is 0. The maximum Gasteiger partial charge on any atom is 0.237 e. The molecule has 0 radical (unpaired) electrons. The molecule has 2 heterocycles. The Morgan fingerprint density at radius 2 is 2.26 bits per heavy atom. The number of hydrogen-bond acceptors (Lipinski definition) is 5. The van der Waals surface area contributed by atoms with Crippen LogP contribution < -0.4 is 20.1 Å². The van der Waals surface area contributed by atoms with E-state index in [2.05, 4.69) is 15.7 Å². The first-order valence-corrected chi connectivity index (χ1v) is 7.59. The van der Waals surface area contributed by atoms with Crippen molar-refractivity contribution in [2.45, 2.75) is 26.1 Å². The number of ether oxygens (including phenoxy) is 2. The number of carbonyl (C=O) groups excluding carboxylic acids is 1. The van der Waals surface area contributed by atoms with Gasteiger partial charge in [-0.3, -0.25) is 9.48 Å².